The molecule has 0 fully saturated rings. The van der Waals surface area contributed by atoms with Gasteiger partial charge in [-0.3, -0.25) is 0 Å². The van der Waals surface area contributed by atoms with Crippen LogP contribution in [0, 0.1) is 6.92 Å². The molecule has 0 radical (unpaired) electrons. The molecular formula is C17H12Br2Cl2N2. The molecule has 0 amide bonds. The maximum absolute atomic E-state index is 6.30. The standard InChI is InChI=1S/C17H12Br2Cl2N2/c1-9-17(13-4-3-12(20)8-15(13)21)23-16(22-9)7-10-6-11(18)2-5-14(10)19/h2-6,8H,7H2,1H3,(H,22,23). The number of rotatable bonds is 3. The highest BCUT2D eigenvalue weighted by Crippen LogP contribution is 2.32. The first-order chi connectivity index (χ1) is 10.9. The minimum atomic E-state index is 0.599. The molecule has 0 aliphatic heterocycles. The summed E-state index contributed by atoms with van der Waals surface area (Å²) in [6.45, 7) is 1.99. The Morgan fingerprint density at radius 3 is 2.61 bits per heavy atom. The highest BCUT2D eigenvalue weighted by molar-refractivity contribution is 9.11. The van der Waals surface area contributed by atoms with Crippen LogP contribution < -0.4 is 0 Å². The van der Waals surface area contributed by atoms with E-state index in [9.17, 15) is 0 Å². The maximum Gasteiger partial charge on any atom is 0.111 e. The summed E-state index contributed by atoms with van der Waals surface area (Å²) in [6, 6.07) is 11.5. The summed E-state index contributed by atoms with van der Waals surface area (Å²) >= 11 is 19.3. The van der Waals surface area contributed by atoms with Crippen molar-refractivity contribution in [3.63, 3.8) is 0 Å². The van der Waals surface area contributed by atoms with Crippen LogP contribution in [-0.4, -0.2) is 9.97 Å². The molecule has 1 heterocycles. The average molecular weight is 475 g/mol. The van der Waals surface area contributed by atoms with Crippen molar-refractivity contribution in [2.24, 2.45) is 0 Å². The summed E-state index contributed by atoms with van der Waals surface area (Å²) in [5, 5.41) is 1.22. The van der Waals surface area contributed by atoms with Gasteiger partial charge < -0.3 is 4.98 Å². The summed E-state index contributed by atoms with van der Waals surface area (Å²) < 4.78 is 2.10. The van der Waals surface area contributed by atoms with Crippen LogP contribution in [0.3, 0.4) is 0 Å². The van der Waals surface area contributed by atoms with Gasteiger partial charge in [0.2, 0.25) is 0 Å². The Morgan fingerprint density at radius 2 is 1.87 bits per heavy atom. The third-order valence-electron chi connectivity index (χ3n) is 3.49. The Kier molecular flexibility index (Phi) is 5.16. The smallest absolute Gasteiger partial charge is 0.111 e. The van der Waals surface area contributed by atoms with Crippen molar-refractivity contribution in [1.29, 1.82) is 0 Å². The van der Waals surface area contributed by atoms with Crippen LogP contribution in [0.2, 0.25) is 10.0 Å². The number of halogens is 4. The quantitative estimate of drug-likeness (QED) is 0.444. The SMILES string of the molecule is Cc1[nH]c(Cc2cc(Br)ccc2Br)nc1-c1ccc(Cl)cc1Cl. The number of aromatic nitrogens is 2. The number of hydrogen-bond acceptors (Lipinski definition) is 1. The van der Waals surface area contributed by atoms with E-state index in [0.29, 0.717) is 16.5 Å². The Hall–Kier alpha value is -0.810. The summed E-state index contributed by atoms with van der Waals surface area (Å²) in [7, 11) is 0. The molecule has 0 unspecified atom stereocenters. The van der Waals surface area contributed by atoms with E-state index in [1.54, 1.807) is 6.07 Å². The molecule has 0 saturated carbocycles. The number of aromatic amines is 1. The molecule has 3 aromatic rings. The molecule has 2 aromatic carbocycles. The largest absolute Gasteiger partial charge is 0.345 e. The number of nitrogens with one attached hydrogen (secondary N) is 1. The van der Waals surface area contributed by atoms with Crippen molar-refractivity contribution in [3.05, 3.63) is 72.5 Å². The maximum atomic E-state index is 6.30. The molecular weight excluding hydrogens is 463 g/mol. The fraction of sp³-hybridized carbons (Fsp3) is 0.118. The predicted octanol–water partition coefficient (Wildman–Crippen LogP) is 6.81. The lowest BCUT2D eigenvalue weighted by atomic mass is 10.1. The fourth-order valence-electron chi connectivity index (χ4n) is 2.41. The van der Waals surface area contributed by atoms with Gasteiger partial charge in [0.25, 0.3) is 0 Å². The van der Waals surface area contributed by atoms with Gasteiger partial charge in [0.05, 0.1) is 10.7 Å². The molecule has 0 aliphatic carbocycles. The summed E-state index contributed by atoms with van der Waals surface area (Å²) in [5.41, 5.74) is 3.87. The van der Waals surface area contributed by atoms with Crippen LogP contribution in [-0.2, 0) is 6.42 Å². The second-order valence-corrected chi connectivity index (χ2v) is 7.81. The topological polar surface area (TPSA) is 28.7 Å². The monoisotopic (exact) mass is 472 g/mol. The minimum absolute atomic E-state index is 0.599. The van der Waals surface area contributed by atoms with Gasteiger partial charge in [-0.05, 0) is 48.9 Å². The first-order valence-electron chi connectivity index (χ1n) is 6.89. The third-order valence-corrected chi connectivity index (χ3v) is 5.30. The van der Waals surface area contributed by atoms with Crippen molar-refractivity contribution in [1.82, 2.24) is 9.97 Å². The molecule has 23 heavy (non-hydrogen) atoms. The normalized spacial score (nSPS) is 11.0. The first kappa shape index (κ1) is 17.0. The van der Waals surface area contributed by atoms with Gasteiger partial charge in [-0.2, -0.15) is 0 Å². The Balaban J connectivity index is 1.96. The molecule has 0 spiro atoms. The van der Waals surface area contributed by atoms with Crippen molar-refractivity contribution in [2.45, 2.75) is 13.3 Å². The van der Waals surface area contributed by atoms with Crippen LogP contribution >= 0.6 is 55.1 Å². The van der Waals surface area contributed by atoms with E-state index in [0.717, 1.165) is 37.3 Å². The lowest BCUT2D eigenvalue weighted by molar-refractivity contribution is 1.01. The van der Waals surface area contributed by atoms with Crippen LogP contribution in [0.15, 0.2) is 45.3 Å². The van der Waals surface area contributed by atoms with Gasteiger partial charge in [-0.25, -0.2) is 4.98 Å². The van der Waals surface area contributed by atoms with E-state index in [-0.39, 0.29) is 0 Å². The molecule has 0 saturated heterocycles. The zero-order valence-corrected chi connectivity index (χ0v) is 16.8. The van der Waals surface area contributed by atoms with Crippen molar-refractivity contribution < 1.29 is 0 Å². The van der Waals surface area contributed by atoms with Gasteiger partial charge in [0.1, 0.15) is 5.82 Å². The number of aryl methyl sites for hydroxylation is 1. The van der Waals surface area contributed by atoms with Crippen molar-refractivity contribution in [2.75, 3.05) is 0 Å². The molecule has 3 rings (SSSR count). The second kappa shape index (κ2) is 6.98. The summed E-state index contributed by atoms with van der Waals surface area (Å²) in [4.78, 5) is 8.06. The number of imidazole rings is 1. The summed E-state index contributed by atoms with van der Waals surface area (Å²) in [5.74, 6) is 0.891. The molecule has 0 aliphatic rings. The number of benzene rings is 2. The van der Waals surface area contributed by atoms with Crippen LogP contribution in [0.5, 0.6) is 0 Å². The Morgan fingerprint density at radius 1 is 1.09 bits per heavy atom. The van der Waals surface area contributed by atoms with Gasteiger partial charge in [-0.15, -0.1) is 0 Å². The van der Waals surface area contributed by atoms with Crippen LogP contribution in [0.4, 0.5) is 0 Å². The summed E-state index contributed by atoms with van der Waals surface area (Å²) in [6.07, 6.45) is 0.700. The predicted molar refractivity (Wildman–Crippen MR) is 103 cm³/mol. The zero-order chi connectivity index (χ0) is 16.6. The second-order valence-electron chi connectivity index (χ2n) is 5.19. The first-order valence-corrected chi connectivity index (χ1v) is 9.23. The Labute approximate surface area is 161 Å². The van der Waals surface area contributed by atoms with Gasteiger partial charge in [0.15, 0.2) is 0 Å². The molecule has 2 nitrogen and oxygen atoms in total. The van der Waals surface area contributed by atoms with Crippen LogP contribution in [0.25, 0.3) is 11.3 Å². The highest BCUT2D eigenvalue weighted by Gasteiger charge is 2.13. The molecule has 6 heteroatoms. The van der Waals surface area contributed by atoms with Gasteiger partial charge >= 0.3 is 0 Å². The fourth-order valence-corrected chi connectivity index (χ4v) is 3.70. The van der Waals surface area contributed by atoms with Crippen molar-refractivity contribution >= 4 is 55.1 Å². The molecule has 118 valence electrons. The molecule has 1 N–H and O–H groups in total. The highest BCUT2D eigenvalue weighted by atomic mass is 79.9. The van der Waals surface area contributed by atoms with E-state index < -0.39 is 0 Å². The molecule has 1 aromatic heterocycles. The van der Waals surface area contributed by atoms with E-state index in [1.807, 2.05) is 31.2 Å². The number of hydrogen-bond donors (Lipinski definition) is 1. The third kappa shape index (κ3) is 3.82. The number of H-pyrrole nitrogens is 1. The Bertz CT molecular complexity index is 875. The van der Waals surface area contributed by atoms with E-state index in [1.165, 1.54) is 0 Å². The van der Waals surface area contributed by atoms with Gasteiger partial charge in [-0.1, -0.05) is 55.1 Å². The van der Waals surface area contributed by atoms with Crippen molar-refractivity contribution in [3.8, 4) is 11.3 Å². The lowest BCUT2D eigenvalue weighted by Crippen LogP contribution is -1.92. The van der Waals surface area contributed by atoms with E-state index in [2.05, 4.69) is 42.9 Å². The van der Waals surface area contributed by atoms with E-state index in [4.69, 9.17) is 28.2 Å². The van der Waals surface area contributed by atoms with Gasteiger partial charge in [0, 0.05) is 31.6 Å². The van der Waals surface area contributed by atoms with E-state index >= 15 is 0 Å². The van der Waals surface area contributed by atoms with Crippen LogP contribution in [0.1, 0.15) is 17.1 Å². The molecule has 0 bridgehead atoms. The molecule has 0 atom stereocenters. The zero-order valence-electron chi connectivity index (χ0n) is 12.1. The number of nitrogens with zero attached hydrogens (tertiary/aromatic N) is 1. The minimum Gasteiger partial charge on any atom is -0.345 e. The average Bonchev–Trinajstić information content (AvgIpc) is 2.83. The lowest BCUT2D eigenvalue weighted by Gasteiger charge is -2.03.